The fourth-order valence-electron chi connectivity index (χ4n) is 2.23. The zero-order valence-electron chi connectivity index (χ0n) is 14.2. The molecule has 0 saturated carbocycles. The molecule has 0 aliphatic rings. The topological polar surface area (TPSA) is 76.8 Å². The number of benzene rings is 2. The molecule has 24 heavy (non-hydrogen) atoms. The molecule has 0 fully saturated rings. The summed E-state index contributed by atoms with van der Waals surface area (Å²) in [6, 6.07) is 12.0. The van der Waals surface area contributed by atoms with Gasteiger partial charge < -0.3 is 4.74 Å². The van der Waals surface area contributed by atoms with Crippen LogP contribution in [0.5, 0.6) is 5.75 Å². The van der Waals surface area contributed by atoms with Gasteiger partial charge in [-0.3, -0.25) is 15.5 Å². The molecular formula is C18H21N3O3. The van der Waals surface area contributed by atoms with E-state index in [-0.39, 0.29) is 11.1 Å². The Kier molecular flexibility index (Phi) is 5.18. The molecule has 0 radical (unpaired) electrons. The van der Waals surface area contributed by atoms with Crippen LogP contribution in [0.25, 0.3) is 0 Å². The number of nitro groups is 1. The first kappa shape index (κ1) is 17.5. The van der Waals surface area contributed by atoms with Crippen molar-refractivity contribution >= 4 is 17.6 Å². The van der Waals surface area contributed by atoms with E-state index < -0.39 is 4.92 Å². The molecule has 0 amide bonds. The van der Waals surface area contributed by atoms with E-state index in [0.717, 1.165) is 16.9 Å². The number of non-ortho nitro benzene ring substituents is 1. The summed E-state index contributed by atoms with van der Waals surface area (Å²) in [5.74, 6) is 0.850. The molecule has 1 N–H and O–H groups in total. The van der Waals surface area contributed by atoms with E-state index in [9.17, 15) is 10.1 Å². The molecule has 0 atom stereocenters. The Morgan fingerprint density at radius 2 is 1.83 bits per heavy atom. The van der Waals surface area contributed by atoms with Crippen LogP contribution in [-0.4, -0.2) is 18.2 Å². The lowest BCUT2D eigenvalue weighted by atomic mass is 9.85. The molecule has 6 nitrogen and oxygen atoms in total. The molecule has 6 heteroatoms. The first-order valence-electron chi connectivity index (χ1n) is 7.53. The molecule has 0 spiro atoms. The third-order valence-electron chi connectivity index (χ3n) is 3.52. The minimum Gasteiger partial charge on any atom is -0.496 e. The number of nitro benzene ring substituents is 1. The van der Waals surface area contributed by atoms with Crippen molar-refractivity contribution in [3.63, 3.8) is 0 Å². The Morgan fingerprint density at radius 1 is 1.17 bits per heavy atom. The van der Waals surface area contributed by atoms with Gasteiger partial charge in [0.05, 0.1) is 23.9 Å². The summed E-state index contributed by atoms with van der Waals surface area (Å²) in [4.78, 5) is 10.2. The van der Waals surface area contributed by atoms with Crippen LogP contribution in [0, 0.1) is 10.1 Å². The van der Waals surface area contributed by atoms with E-state index >= 15 is 0 Å². The molecule has 2 rings (SSSR count). The number of nitrogens with zero attached hydrogens (tertiary/aromatic N) is 2. The summed E-state index contributed by atoms with van der Waals surface area (Å²) in [5, 5.41) is 14.8. The van der Waals surface area contributed by atoms with Crippen molar-refractivity contribution in [1.29, 1.82) is 0 Å². The fraction of sp³-hybridized carbons (Fsp3) is 0.278. The number of nitrogens with one attached hydrogen (secondary N) is 1. The fourth-order valence-corrected chi connectivity index (χ4v) is 2.23. The normalized spacial score (nSPS) is 11.5. The smallest absolute Gasteiger partial charge is 0.269 e. The van der Waals surface area contributed by atoms with Crippen LogP contribution in [0.15, 0.2) is 47.6 Å². The second-order valence-electron chi connectivity index (χ2n) is 6.38. The lowest BCUT2D eigenvalue weighted by Gasteiger charge is -2.22. The van der Waals surface area contributed by atoms with Crippen LogP contribution in [0.4, 0.5) is 11.4 Å². The zero-order chi connectivity index (χ0) is 17.7. The Labute approximate surface area is 141 Å². The second-order valence-corrected chi connectivity index (χ2v) is 6.38. The van der Waals surface area contributed by atoms with E-state index in [2.05, 4.69) is 31.3 Å². The van der Waals surface area contributed by atoms with E-state index in [1.165, 1.54) is 12.1 Å². The van der Waals surface area contributed by atoms with Gasteiger partial charge in [-0.25, -0.2) is 0 Å². The van der Waals surface area contributed by atoms with Crippen molar-refractivity contribution in [2.45, 2.75) is 26.2 Å². The van der Waals surface area contributed by atoms with Crippen LogP contribution < -0.4 is 10.2 Å². The van der Waals surface area contributed by atoms with Gasteiger partial charge >= 0.3 is 0 Å². The lowest BCUT2D eigenvalue weighted by Crippen LogP contribution is -2.13. The van der Waals surface area contributed by atoms with E-state index in [0.29, 0.717) is 5.69 Å². The highest BCUT2D eigenvalue weighted by Crippen LogP contribution is 2.31. The maximum Gasteiger partial charge on any atom is 0.269 e. The van der Waals surface area contributed by atoms with Crippen molar-refractivity contribution in [2.24, 2.45) is 5.10 Å². The van der Waals surface area contributed by atoms with Gasteiger partial charge in [-0.15, -0.1) is 0 Å². The van der Waals surface area contributed by atoms with Crippen molar-refractivity contribution < 1.29 is 9.66 Å². The minimum atomic E-state index is -0.432. The molecule has 0 unspecified atom stereocenters. The molecule has 0 aromatic heterocycles. The number of ether oxygens (including phenoxy) is 1. The molecule has 126 valence electrons. The Balaban J connectivity index is 2.13. The summed E-state index contributed by atoms with van der Waals surface area (Å²) in [5.41, 5.74) is 5.59. The molecule has 2 aromatic carbocycles. The highest BCUT2D eigenvalue weighted by atomic mass is 16.6. The highest BCUT2D eigenvalue weighted by molar-refractivity contribution is 5.81. The number of hydrogen-bond donors (Lipinski definition) is 1. The average Bonchev–Trinajstić information content (AvgIpc) is 2.54. The monoisotopic (exact) mass is 327 g/mol. The molecule has 0 saturated heterocycles. The van der Waals surface area contributed by atoms with Gasteiger partial charge in [0, 0.05) is 17.7 Å². The second kappa shape index (κ2) is 7.12. The summed E-state index contributed by atoms with van der Waals surface area (Å²) < 4.78 is 5.42. The standard InChI is InChI=1S/C18H21N3O3/c1-18(2,3)16-11-13(5-10-17(16)24-4)12-19-20-14-6-8-15(9-7-14)21(22)23/h5-12,20H,1-4H3/b19-12-. The quantitative estimate of drug-likeness (QED) is 0.503. The van der Waals surface area contributed by atoms with E-state index in [4.69, 9.17) is 4.74 Å². The lowest BCUT2D eigenvalue weighted by molar-refractivity contribution is -0.384. The summed E-state index contributed by atoms with van der Waals surface area (Å²) in [7, 11) is 1.66. The number of hydrazone groups is 1. The molecule has 0 aliphatic carbocycles. The van der Waals surface area contributed by atoms with Crippen LogP contribution in [0.1, 0.15) is 31.9 Å². The van der Waals surface area contributed by atoms with Gasteiger partial charge in [-0.05, 0) is 41.3 Å². The number of methoxy groups -OCH3 is 1. The van der Waals surface area contributed by atoms with E-state index in [1.807, 2.05) is 18.2 Å². The Bertz CT molecular complexity index is 747. The van der Waals surface area contributed by atoms with Gasteiger partial charge in [-0.1, -0.05) is 20.8 Å². The first-order valence-corrected chi connectivity index (χ1v) is 7.53. The van der Waals surface area contributed by atoms with Crippen LogP contribution in [-0.2, 0) is 5.41 Å². The minimum absolute atomic E-state index is 0.0407. The molecule has 2 aromatic rings. The number of rotatable bonds is 5. The predicted octanol–water partition coefficient (Wildman–Crippen LogP) is 4.35. The maximum atomic E-state index is 10.6. The third kappa shape index (κ3) is 4.32. The highest BCUT2D eigenvalue weighted by Gasteiger charge is 2.18. The van der Waals surface area contributed by atoms with E-state index in [1.54, 1.807) is 25.5 Å². The van der Waals surface area contributed by atoms with Crippen LogP contribution >= 0.6 is 0 Å². The van der Waals surface area contributed by atoms with Crippen molar-refractivity contribution in [1.82, 2.24) is 0 Å². The number of anilines is 1. The van der Waals surface area contributed by atoms with Crippen LogP contribution in [0.3, 0.4) is 0 Å². The van der Waals surface area contributed by atoms with Gasteiger partial charge in [0.1, 0.15) is 5.75 Å². The van der Waals surface area contributed by atoms with Crippen molar-refractivity contribution in [3.05, 3.63) is 63.7 Å². The third-order valence-corrected chi connectivity index (χ3v) is 3.52. The predicted molar refractivity (Wildman–Crippen MR) is 96.0 cm³/mol. The maximum absolute atomic E-state index is 10.6. The summed E-state index contributed by atoms with van der Waals surface area (Å²) >= 11 is 0. The Morgan fingerprint density at radius 3 is 2.38 bits per heavy atom. The Hall–Kier alpha value is -2.89. The first-order chi connectivity index (χ1) is 11.3. The van der Waals surface area contributed by atoms with Gasteiger partial charge in [0.25, 0.3) is 5.69 Å². The molecule has 0 aliphatic heterocycles. The van der Waals surface area contributed by atoms with Crippen molar-refractivity contribution in [3.8, 4) is 5.75 Å². The zero-order valence-corrected chi connectivity index (χ0v) is 14.2. The molecular weight excluding hydrogens is 306 g/mol. The van der Waals surface area contributed by atoms with Gasteiger partial charge in [-0.2, -0.15) is 5.10 Å². The van der Waals surface area contributed by atoms with Crippen molar-refractivity contribution in [2.75, 3.05) is 12.5 Å². The molecule has 0 bridgehead atoms. The molecule has 0 heterocycles. The van der Waals surface area contributed by atoms with Gasteiger partial charge in [0.15, 0.2) is 0 Å². The number of hydrogen-bond acceptors (Lipinski definition) is 5. The van der Waals surface area contributed by atoms with Gasteiger partial charge in [0.2, 0.25) is 0 Å². The van der Waals surface area contributed by atoms with Crippen LogP contribution in [0.2, 0.25) is 0 Å². The summed E-state index contributed by atoms with van der Waals surface area (Å²) in [6.45, 7) is 6.38. The SMILES string of the molecule is COc1ccc(/C=N\Nc2ccc([N+](=O)[O-])cc2)cc1C(C)(C)C. The summed E-state index contributed by atoms with van der Waals surface area (Å²) in [6.07, 6.45) is 1.70. The average molecular weight is 327 g/mol. The largest absolute Gasteiger partial charge is 0.496 e.